The number of nitrogens with two attached hydrogens (primary N) is 1. The summed E-state index contributed by atoms with van der Waals surface area (Å²) in [7, 11) is 0. The van der Waals surface area contributed by atoms with Crippen LogP contribution in [0, 0.1) is 11.8 Å². The Bertz CT molecular complexity index is 208. The van der Waals surface area contributed by atoms with Crippen molar-refractivity contribution in [2.24, 2.45) is 17.6 Å². The first-order chi connectivity index (χ1) is 7.61. The average molecular weight is 226 g/mol. The largest absolute Gasteiger partial charge is 0.356 e. The van der Waals surface area contributed by atoms with Crippen LogP contribution in [0.4, 0.5) is 0 Å². The van der Waals surface area contributed by atoms with Crippen LogP contribution in [0.25, 0.3) is 0 Å². The van der Waals surface area contributed by atoms with Crippen molar-refractivity contribution in [3.63, 3.8) is 0 Å². The van der Waals surface area contributed by atoms with E-state index in [4.69, 9.17) is 5.73 Å². The van der Waals surface area contributed by atoms with Crippen LogP contribution in [-0.2, 0) is 4.79 Å². The lowest BCUT2D eigenvalue weighted by molar-refractivity contribution is -0.121. The lowest BCUT2D eigenvalue weighted by Gasteiger charge is -2.27. The second kappa shape index (κ2) is 6.89. The zero-order valence-corrected chi connectivity index (χ0v) is 10.7. The van der Waals surface area contributed by atoms with Gasteiger partial charge in [0.05, 0.1) is 0 Å². The number of rotatable bonds is 5. The van der Waals surface area contributed by atoms with Crippen molar-refractivity contribution in [3.05, 3.63) is 0 Å². The standard InChI is InChI=1S/C13H26N2O/c1-3-11-4-6-12(7-5-11)9-15-13(16)8-10(2)14/h10-12H,3-9,14H2,1-2H3,(H,15,16). The Morgan fingerprint density at radius 3 is 2.38 bits per heavy atom. The molecule has 1 aliphatic rings. The fourth-order valence-electron chi connectivity index (χ4n) is 2.47. The van der Waals surface area contributed by atoms with Gasteiger partial charge in [0, 0.05) is 19.0 Å². The minimum atomic E-state index is -0.0316. The van der Waals surface area contributed by atoms with Crippen LogP contribution in [0.2, 0.25) is 0 Å². The van der Waals surface area contributed by atoms with E-state index in [1.807, 2.05) is 6.92 Å². The molecule has 1 atom stereocenters. The molecule has 0 spiro atoms. The number of carbonyl (C=O) groups is 1. The van der Waals surface area contributed by atoms with E-state index >= 15 is 0 Å². The predicted octanol–water partition coefficient (Wildman–Crippen LogP) is 2.06. The SMILES string of the molecule is CCC1CCC(CNC(=O)CC(C)N)CC1. The lowest BCUT2D eigenvalue weighted by Crippen LogP contribution is -2.34. The van der Waals surface area contributed by atoms with E-state index in [1.165, 1.54) is 32.1 Å². The molecule has 0 aliphatic heterocycles. The molecule has 3 nitrogen and oxygen atoms in total. The van der Waals surface area contributed by atoms with Gasteiger partial charge in [-0.1, -0.05) is 26.2 Å². The maximum atomic E-state index is 11.4. The third kappa shape index (κ3) is 4.97. The molecule has 0 bridgehead atoms. The van der Waals surface area contributed by atoms with Crippen molar-refractivity contribution in [3.8, 4) is 0 Å². The van der Waals surface area contributed by atoms with E-state index in [-0.39, 0.29) is 11.9 Å². The summed E-state index contributed by atoms with van der Waals surface area (Å²) in [6.45, 7) is 4.99. The van der Waals surface area contributed by atoms with Gasteiger partial charge >= 0.3 is 0 Å². The van der Waals surface area contributed by atoms with Crippen molar-refractivity contribution in [2.75, 3.05) is 6.54 Å². The normalized spacial score (nSPS) is 27.4. The first kappa shape index (κ1) is 13.5. The zero-order valence-electron chi connectivity index (χ0n) is 10.7. The number of hydrogen-bond donors (Lipinski definition) is 2. The summed E-state index contributed by atoms with van der Waals surface area (Å²) < 4.78 is 0. The number of hydrogen-bond acceptors (Lipinski definition) is 2. The minimum Gasteiger partial charge on any atom is -0.356 e. The smallest absolute Gasteiger partial charge is 0.221 e. The molecule has 1 unspecified atom stereocenters. The summed E-state index contributed by atoms with van der Waals surface area (Å²) in [5.41, 5.74) is 5.58. The molecular weight excluding hydrogens is 200 g/mol. The molecule has 3 N–H and O–H groups in total. The van der Waals surface area contributed by atoms with E-state index in [2.05, 4.69) is 12.2 Å². The van der Waals surface area contributed by atoms with E-state index in [0.29, 0.717) is 12.3 Å². The molecule has 16 heavy (non-hydrogen) atoms. The Balaban J connectivity index is 2.12. The summed E-state index contributed by atoms with van der Waals surface area (Å²) >= 11 is 0. The molecule has 0 aromatic rings. The van der Waals surface area contributed by atoms with Crippen LogP contribution < -0.4 is 11.1 Å². The van der Waals surface area contributed by atoms with Gasteiger partial charge in [-0.2, -0.15) is 0 Å². The first-order valence-corrected chi connectivity index (χ1v) is 6.64. The Morgan fingerprint density at radius 2 is 1.88 bits per heavy atom. The summed E-state index contributed by atoms with van der Waals surface area (Å²) in [5.74, 6) is 1.73. The van der Waals surface area contributed by atoms with Crippen molar-refractivity contribution in [1.82, 2.24) is 5.32 Å². The van der Waals surface area contributed by atoms with Gasteiger partial charge in [0.1, 0.15) is 0 Å². The lowest BCUT2D eigenvalue weighted by atomic mass is 9.81. The summed E-state index contributed by atoms with van der Waals surface area (Å²) in [4.78, 5) is 11.4. The monoisotopic (exact) mass is 226 g/mol. The van der Waals surface area contributed by atoms with Crippen LogP contribution in [0.15, 0.2) is 0 Å². The van der Waals surface area contributed by atoms with Crippen LogP contribution in [0.1, 0.15) is 52.4 Å². The molecule has 0 aromatic heterocycles. The molecular formula is C13H26N2O. The highest BCUT2D eigenvalue weighted by atomic mass is 16.1. The molecule has 1 amide bonds. The van der Waals surface area contributed by atoms with Crippen LogP contribution in [0.5, 0.6) is 0 Å². The highest BCUT2D eigenvalue weighted by Crippen LogP contribution is 2.29. The second-order valence-corrected chi connectivity index (χ2v) is 5.28. The van der Waals surface area contributed by atoms with Gasteiger partial charge in [-0.25, -0.2) is 0 Å². The summed E-state index contributed by atoms with van der Waals surface area (Å²) in [6.07, 6.45) is 6.98. The molecule has 1 aliphatic carbocycles. The van der Waals surface area contributed by atoms with Crippen LogP contribution >= 0.6 is 0 Å². The fraction of sp³-hybridized carbons (Fsp3) is 0.923. The summed E-state index contributed by atoms with van der Waals surface area (Å²) in [5, 5.41) is 3.00. The van der Waals surface area contributed by atoms with Gasteiger partial charge < -0.3 is 11.1 Å². The van der Waals surface area contributed by atoms with Gasteiger partial charge in [0.15, 0.2) is 0 Å². The van der Waals surface area contributed by atoms with E-state index in [0.717, 1.165) is 12.5 Å². The molecule has 1 rings (SSSR count). The first-order valence-electron chi connectivity index (χ1n) is 6.64. The maximum Gasteiger partial charge on any atom is 0.221 e. The zero-order chi connectivity index (χ0) is 12.0. The summed E-state index contributed by atoms with van der Waals surface area (Å²) in [6, 6.07) is -0.0316. The molecule has 0 saturated heterocycles. The van der Waals surface area contributed by atoms with Crippen molar-refractivity contribution < 1.29 is 4.79 Å². The Labute approximate surface area is 99.2 Å². The predicted molar refractivity (Wildman–Crippen MR) is 67.0 cm³/mol. The molecule has 94 valence electrons. The molecule has 1 saturated carbocycles. The van der Waals surface area contributed by atoms with Gasteiger partial charge in [-0.3, -0.25) is 4.79 Å². The van der Waals surface area contributed by atoms with Crippen molar-refractivity contribution in [1.29, 1.82) is 0 Å². The quantitative estimate of drug-likeness (QED) is 0.754. The van der Waals surface area contributed by atoms with E-state index in [1.54, 1.807) is 0 Å². The van der Waals surface area contributed by atoms with Gasteiger partial charge in [-0.05, 0) is 31.6 Å². The Morgan fingerprint density at radius 1 is 1.31 bits per heavy atom. The van der Waals surface area contributed by atoms with Gasteiger partial charge in [0.2, 0.25) is 5.91 Å². The highest BCUT2D eigenvalue weighted by molar-refractivity contribution is 5.76. The minimum absolute atomic E-state index is 0.0316. The fourth-order valence-corrected chi connectivity index (χ4v) is 2.47. The van der Waals surface area contributed by atoms with Crippen molar-refractivity contribution in [2.45, 2.75) is 58.4 Å². The van der Waals surface area contributed by atoms with Crippen LogP contribution in [-0.4, -0.2) is 18.5 Å². The third-order valence-electron chi connectivity index (χ3n) is 3.64. The molecule has 0 heterocycles. The Kier molecular flexibility index (Phi) is 5.81. The average Bonchev–Trinajstić information content (AvgIpc) is 2.26. The van der Waals surface area contributed by atoms with E-state index < -0.39 is 0 Å². The van der Waals surface area contributed by atoms with Crippen LogP contribution in [0.3, 0.4) is 0 Å². The third-order valence-corrected chi connectivity index (χ3v) is 3.64. The number of amides is 1. The molecule has 0 radical (unpaired) electrons. The molecule has 0 aromatic carbocycles. The van der Waals surface area contributed by atoms with Crippen molar-refractivity contribution >= 4 is 5.91 Å². The number of nitrogens with one attached hydrogen (secondary N) is 1. The Hall–Kier alpha value is -0.570. The molecule has 1 fully saturated rings. The van der Waals surface area contributed by atoms with E-state index in [9.17, 15) is 4.79 Å². The second-order valence-electron chi connectivity index (χ2n) is 5.28. The highest BCUT2D eigenvalue weighted by Gasteiger charge is 2.20. The maximum absolute atomic E-state index is 11.4. The number of carbonyl (C=O) groups excluding carboxylic acids is 1. The topological polar surface area (TPSA) is 55.1 Å². The van der Waals surface area contributed by atoms with Gasteiger partial charge in [-0.15, -0.1) is 0 Å². The van der Waals surface area contributed by atoms with Gasteiger partial charge in [0.25, 0.3) is 0 Å². The molecule has 3 heteroatoms.